The number of amides is 1. The van der Waals surface area contributed by atoms with Crippen molar-refractivity contribution in [2.75, 3.05) is 25.1 Å². The third-order valence-electron chi connectivity index (χ3n) is 4.40. The van der Waals surface area contributed by atoms with Gasteiger partial charge in [0, 0.05) is 5.56 Å². The van der Waals surface area contributed by atoms with Gasteiger partial charge in [-0.25, -0.2) is 4.39 Å². The molecule has 1 heterocycles. The van der Waals surface area contributed by atoms with Gasteiger partial charge in [0.15, 0.2) is 11.5 Å². The predicted octanol–water partition coefficient (Wildman–Crippen LogP) is 5.84. The number of hydrogen-bond donors (Lipinski definition) is 1. The fraction of sp³-hybridized carbons (Fsp3) is 0.348. The Morgan fingerprint density at radius 3 is 2.32 bits per heavy atom. The number of carbonyl (C=O) groups excluding carboxylic acids is 1. The van der Waals surface area contributed by atoms with Crippen LogP contribution in [0.15, 0.2) is 40.0 Å². The van der Waals surface area contributed by atoms with E-state index in [2.05, 4.69) is 15.5 Å². The van der Waals surface area contributed by atoms with E-state index in [1.807, 2.05) is 20.8 Å². The monoisotopic (exact) mass is 509 g/mol. The molecule has 1 unspecified atom stereocenters. The van der Waals surface area contributed by atoms with Crippen molar-refractivity contribution in [3.05, 3.63) is 41.2 Å². The molecule has 182 valence electrons. The molecule has 0 bridgehead atoms. The fourth-order valence-electron chi connectivity index (χ4n) is 2.92. The highest BCUT2D eigenvalue weighted by Crippen LogP contribution is 2.42. The Kier molecular flexibility index (Phi) is 9.00. The Morgan fingerprint density at radius 1 is 1.09 bits per heavy atom. The number of hydrogen-bond acceptors (Lipinski definition) is 8. The predicted molar refractivity (Wildman–Crippen MR) is 129 cm³/mol. The minimum absolute atomic E-state index is 0.108. The van der Waals surface area contributed by atoms with Crippen LogP contribution in [0.2, 0.25) is 5.02 Å². The topological polar surface area (TPSA) is 95.7 Å². The SMILES string of the molecule is CCOc1cc(-c2nnc(SC(C)C(=O)Nc3ccc(F)cc3Cl)o2)cc(OCC)c1OCC. The van der Waals surface area contributed by atoms with Crippen molar-refractivity contribution in [3.8, 4) is 28.7 Å². The fourth-order valence-corrected chi connectivity index (χ4v) is 3.81. The highest BCUT2D eigenvalue weighted by Gasteiger charge is 2.22. The summed E-state index contributed by atoms with van der Waals surface area (Å²) in [5, 5.41) is 10.5. The second kappa shape index (κ2) is 11.9. The van der Waals surface area contributed by atoms with Gasteiger partial charge in [0.2, 0.25) is 17.5 Å². The molecule has 11 heteroatoms. The van der Waals surface area contributed by atoms with E-state index in [1.54, 1.807) is 19.1 Å². The van der Waals surface area contributed by atoms with Crippen LogP contribution in [0.4, 0.5) is 10.1 Å². The number of carbonyl (C=O) groups is 1. The molecule has 3 rings (SSSR count). The average Bonchev–Trinajstić information content (AvgIpc) is 3.26. The van der Waals surface area contributed by atoms with Gasteiger partial charge < -0.3 is 23.9 Å². The molecule has 0 aliphatic heterocycles. The molecule has 1 atom stereocenters. The molecule has 3 aromatic rings. The third-order valence-corrected chi connectivity index (χ3v) is 5.65. The zero-order valence-corrected chi connectivity index (χ0v) is 20.8. The molecular formula is C23H25ClFN3O5S. The van der Waals surface area contributed by atoms with Gasteiger partial charge in [-0.15, -0.1) is 10.2 Å². The van der Waals surface area contributed by atoms with Crippen LogP contribution in [0, 0.1) is 5.82 Å². The zero-order valence-electron chi connectivity index (χ0n) is 19.2. The van der Waals surface area contributed by atoms with Crippen molar-refractivity contribution < 1.29 is 27.8 Å². The lowest BCUT2D eigenvalue weighted by atomic mass is 10.2. The molecule has 0 radical (unpaired) electrons. The van der Waals surface area contributed by atoms with Crippen molar-refractivity contribution in [1.82, 2.24) is 10.2 Å². The van der Waals surface area contributed by atoms with Gasteiger partial charge in [-0.1, -0.05) is 23.4 Å². The molecule has 0 saturated carbocycles. The summed E-state index contributed by atoms with van der Waals surface area (Å²) in [7, 11) is 0. The summed E-state index contributed by atoms with van der Waals surface area (Å²) in [6.07, 6.45) is 0. The van der Waals surface area contributed by atoms with Crippen molar-refractivity contribution in [2.45, 2.75) is 38.2 Å². The Bertz CT molecular complexity index is 1120. The molecule has 1 N–H and O–H groups in total. The third kappa shape index (κ3) is 6.32. The minimum atomic E-state index is -0.590. The number of anilines is 1. The largest absolute Gasteiger partial charge is 0.490 e. The number of nitrogens with zero attached hydrogens (tertiary/aromatic N) is 2. The first-order valence-electron chi connectivity index (χ1n) is 10.7. The lowest BCUT2D eigenvalue weighted by Gasteiger charge is -2.16. The summed E-state index contributed by atoms with van der Waals surface area (Å²) in [4.78, 5) is 12.5. The molecule has 1 aromatic heterocycles. The molecule has 8 nitrogen and oxygen atoms in total. The maximum absolute atomic E-state index is 13.2. The van der Waals surface area contributed by atoms with E-state index in [4.69, 9.17) is 30.2 Å². The second-order valence-corrected chi connectivity index (χ2v) is 8.55. The van der Waals surface area contributed by atoms with Crippen molar-refractivity contribution in [3.63, 3.8) is 0 Å². The van der Waals surface area contributed by atoms with Gasteiger partial charge in [0.1, 0.15) is 5.82 Å². The van der Waals surface area contributed by atoms with Gasteiger partial charge in [0.25, 0.3) is 5.22 Å². The van der Waals surface area contributed by atoms with Crippen molar-refractivity contribution in [1.29, 1.82) is 0 Å². The van der Waals surface area contributed by atoms with Gasteiger partial charge in [0.05, 0.1) is 35.8 Å². The maximum Gasteiger partial charge on any atom is 0.277 e. The number of rotatable bonds is 11. The highest BCUT2D eigenvalue weighted by molar-refractivity contribution is 8.00. The van der Waals surface area contributed by atoms with Gasteiger partial charge in [-0.05, 0) is 58.0 Å². The van der Waals surface area contributed by atoms with E-state index in [0.29, 0.717) is 48.3 Å². The average molecular weight is 510 g/mol. The summed E-state index contributed by atoms with van der Waals surface area (Å²) in [5.74, 6) is 0.911. The molecule has 34 heavy (non-hydrogen) atoms. The van der Waals surface area contributed by atoms with Crippen LogP contribution in [-0.4, -0.2) is 41.2 Å². The van der Waals surface area contributed by atoms with Crippen LogP contribution in [-0.2, 0) is 4.79 Å². The van der Waals surface area contributed by atoms with E-state index < -0.39 is 11.1 Å². The standard InChI is InChI=1S/C23H25ClFN3O5S/c1-5-30-18-10-14(11-19(31-6-2)20(18)32-7-3)22-27-28-23(33-22)34-13(4)21(29)26-17-9-8-15(25)12-16(17)24/h8-13H,5-7H2,1-4H3,(H,26,29). The summed E-state index contributed by atoms with van der Waals surface area (Å²) in [6, 6.07) is 7.23. The van der Waals surface area contributed by atoms with E-state index >= 15 is 0 Å². The summed E-state index contributed by atoms with van der Waals surface area (Å²) >= 11 is 7.06. The second-order valence-electron chi connectivity index (χ2n) is 6.85. The number of halogens is 2. The van der Waals surface area contributed by atoms with E-state index in [9.17, 15) is 9.18 Å². The number of nitrogens with one attached hydrogen (secondary N) is 1. The molecule has 0 aliphatic rings. The van der Waals surface area contributed by atoms with E-state index in [1.165, 1.54) is 12.1 Å². The van der Waals surface area contributed by atoms with Gasteiger partial charge in [-0.2, -0.15) is 0 Å². The molecule has 0 saturated heterocycles. The summed E-state index contributed by atoms with van der Waals surface area (Å²) in [5.41, 5.74) is 0.901. The lowest BCUT2D eigenvalue weighted by molar-refractivity contribution is -0.115. The maximum atomic E-state index is 13.2. The lowest BCUT2D eigenvalue weighted by Crippen LogP contribution is -2.22. The Balaban J connectivity index is 1.78. The quantitative estimate of drug-likeness (QED) is 0.322. The molecule has 0 fully saturated rings. The van der Waals surface area contributed by atoms with E-state index in [0.717, 1.165) is 17.8 Å². The van der Waals surface area contributed by atoms with Crippen LogP contribution in [0.1, 0.15) is 27.7 Å². The molecule has 0 aliphatic carbocycles. The number of thioether (sulfide) groups is 1. The highest BCUT2D eigenvalue weighted by atomic mass is 35.5. The summed E-state index contributed by atoms with van der Waals surface area (Å²) in [6.45, 7) is 8.62. The molecule has 2 aromatic carbocycles. The minimum Gasteiger partial charge on any atom is -0.490 e. The van der Waals surface area contributed by atoms with Gasteiger partial charge in [-0.3, -0.25) is 4.79 Å². The number of aromatic nitrogens is 2. The summed E-state index contributed by atoms with van der Waals surface area (Å²) < 4.78 is 36.2. The Hall–Kier alpha value is -2.98. The van der Waals surface area contributed by atoms with Crippen LogP contribution < -0.4 is 19.5 Å². The number of benzene rings is 2. The van der Waals surface area contributed by atoms with Crippen molar-refractivity contribution in [2.24, 2.45) is 0 Å². The zero-order chi connectivity index (χ0) is 24.7. The first-order chi connectivity index (χ1) is 16.4. The van der Waals surface area contributed by atoms with Crippen molar-refractivity contribution >= 4 is 35.0 Å². The molecular weight excluding hydrogens is 485 g/mol. The Morgan fingerprint density at radius 2 is 1.74 bits per heavy atom. The normalized spacial score (nSPS) is 11.7. The molecule has 0 spiro atoms. The molecule has 1 amide bonds. The van der Waals surface area contributed by atoms with Crippen LogP contribution in [0.25, 0.3) is 11.5 Å². The van der Waals surface area contributed by atoms with E-state index in [-0.39, 0.29) is 22.0 Å². The van der Waals surface area contributed by atoms with Gasteiger partial charge >= 0.3 is 0 Å². The first-order valence-corrected chi connectivity index (χ1v) is 11.9. The Labute approximate surface area is 206 Å². The van der Waals surface area contributed by atoms with Crippen LogP contribution in [0.5, 0.6) is 17.2 Å². The number of ether oxygens (including phenoxy) is 3. The first kappa shape index (κ1) is 25.6. The van der Waals surface area contributed by atoms with Crippen LogP contribution in [0.3, 0.4) is 0 Å². The smallest absolute Gasteiger partial charge is 0.277 e. The van der Waals surface area contributed by atoms with Crippen LogP contribution >= 0.6 is 23.4 Å².